The van der Waals surface area contributed by atoms with E-state index in [1.165, 1.54) is 0 Å². The van der Waals surface area contributed by atoms with Gasteiger partial charge in [0.1, 0.15) is 23.6 Å². The number of pyridine rings is 1. The van der Waals surface area contributed by atoms with Crippen molar-refractivity contribution >= 4 is 27.9 Å². The number of fused-ring (bicyclic) bond motifs is 2. The minimum atomic E-state index is -0.434. The number of oxazole rings is 1. The fraction of sp³-hybridized carbons (Fsp3) is 0.172. The molecule has 0 saturated carbocycles. The van der Waals surface area contributed by atoms with Gasteiger partial charge in [0.15, 0.2) is 5.58 Å². The van der Waals surface area contributed by atoms with E-state index in [4.69, 9.17) is 24.4 Å². The smallest absolute Gasteiger partial charge is 0.269 e. The molecular weight excluding hydrogens is 526 g/mol. The molecule has 0 spiro atoms. The van der Waals surface area contributed by atoms with Crippen LogP contribution in [0.25, 0.3) is 33.7 Å². The predicted molar refractivity (Wildman–Crippen MR) is 147 cm³/mol. The van der Waals surface area contributed by atoms with Crippen molar-refractivity contribution < 1.29 is 23.4 Å². The van der Waals surface area contributed by atoms with Crippen LogP contribution in [0.4, 0.5) is 0 Å². The summed E-state index contributed by atoms with van der Waals surface area (Å²) in [5.41, 5.74) is 9.90. The number of primary amides is 1. The SMILES string of the molecule is NC(=O)CCOc1ccc(OCc2ccc3ccccc3n2)cc1COCc1ccc2nc(-c3nn[nH]n3)oc2c1. The molecular formula is C29H25N7O5. The highest BCUT2D eigenvalue weighted by atomic mass is 16.5. The van der Waals surface area contributed by atoms with Gasteiger partial charge >= 0.3 is 0 Å². The minimum absolute atomic E-state index is 0.106. The van der Waals surface area contributed by atoms with E-state index < -0.39 is 5.91 Å². The molecule has 0 unspecified atom stereocenters. The van der Waals surface area contributed by atoms with Gasteiger partial charge < -0.3 is 24.4 Å². The maximum Gasteiger partial charge on any atom is 0.269 e. The van der Waals surface area contributed by atoms with E-state index in [1.807, 2.05) is 66.7 Å². The van der Waals surface area contributed by atoms with E-state index in [2.05, 4.69) is 30.6 Å². The van der Waals surface area contributed by atoms with Crippen LogP contribution in [0.15, 0.2) is 77.2 Å². The van der Waals surface area contributed by atoms with Crippen molar-refractivity contribution in [1.29, 1.82) is 0 Å². The van der Waals surface area contributed by atoms with Gasteiger partial charge in [0.2, 0.25) is 5.91 Å². The van der Waals surface area contributed by atoms with Gasteiger partial charge in [-0.25, -0.2) is 9.97 Å². The van der Waals surface area contributed by atoms with E-state index in [0.717, 1.165) is 27.7 Å². The number of hydrogen-bond donors (Lipinski definition) is 2. The first-order valence-corrected chi connectivity index (χ1v) is 12.8. The van der Waals surface area contributed by atoms with Gasteiger partial charge in [-0.1, -0.05) is 30.3 Å². The number of rotatable bonds is 12. The van der Waals surface area contributed by atoms with E-state index in [-0.39, 0.29) is 31.3 Å². The van der Waals surface area contributed by atoms with E-state index in [1.54, 1.807) is 6.07 Å². The number of nitrogens with zero attached hydrogens (tertiary/aromatic N) is 5. The molecule has 6 aromatic rings. The van der Waals surface area contributed by atoms with Gasteiger partial charge in [-0.15, -0.1) is 10.2 Å². The third-order valence-electron chi connectivity index (χ3n) is 6.20. The van der Waals surface area contributed by atoms with Crippen LogP contribution in [0, 0.1) is 0 Å². The number of benzene rings is 3. The number of carbonyl (C=O) groups excluding carboxylic acids is 1. The molecule has 0 aliphatic heterocycles. The summed E-state index contributed by atoms with van der Waals surface area (Å²) >= 11 is 0. The number of hydrogen-bond acceptors (Lipinski definition) is 10. The number of aromatic nitrogens is 6. The van der Waals surface area contributed by atoms with Crippen LogP contribution in [0.2, 0.25) is 0 Å². The van der Waals surface area contributed by atoms with Crippen molar-refractivity contribution in [2.24, 2.45) is 5.73 Å². The maximum atomic E-state index is 11.2. The second-order valence-electron chi connectivity index (χ2n) is 9.17. The van der Waals surface area contributed by atoms with E-state index >= 15 is 0 Å². The molecule has 0 aliphatic carbocycles. The zero-order valence-electron chi connectivity index (χ0n) is 21.8. The lowest BCUT2D eigenvalue weighted by Crippen LogP contribution is -2.15. The third kappa shape index (κ3) is 6.28. The highest BCUT2D eigenvalue weighted by Crippen LogP contribution is 2.27. The summed E-state index contributed by atoms with van der Waals surface area (Å²) in [4.78, 5) is 20.2. The van der Waals surface area contributed by atoms with Crippen LogP contribution in [0.3, 0.4) is 0 Å². The van der Waals surface area contributed by atoms with E-state index in [9.17, 15) is 4.79 Å². The summed E-state index contributed by atoms with van der Waals surface area (Å²) in [6, 6.07) is 23.0. The van der Waals surface area contributed by atoms with Crippen LogP contribution in [-0.4, -0.2) is 43.1 Å². The molecule has 12 nitrogen and oxygen atoms in total. The Morgan fingerprint density at radius 1 is 0.902 bits per heavy atom. The maximum absolute atomic E-state index is 11.2. The van der Waals surface area contributed by atoms with Gasteiger partial charge in [0.05, 0.1) is 37.5 Å². The standard InChI is InChI=1S/C29H25N7O5/c30-27(37)11-12-39-25-10-8-22(40-17-21-7-6-19-3-1-2-4-23(19)31-21)14-20(25)16-38-15-18-5-9-24-26(13-18)41-29(32-24)28-33-35-36-34-28/h1-10,13-14H,11-12,15-17H2,(H2,30,37)(H,33,34,35,36). The molecule has 0 atom stereocenters. The van der Waals surface area contributed by atoms with E-state index in [0.29, 0.717) is 35.8 Å². The largest absolute Gasteiger partial charge is 0.493 e. The summed E-state index contributed by atoms with van der Waals surface area (Å²) in [5, 5.41) is 14.8. The average molecular weight is 552 g/mol. The lowest BCUT2D eigenvalue weighted by molar-refractivity contribution is -0.118. The van der Waals surface area contributed by atoms with Gasteiger partial charge in [0.25, 0.3) is 11.7 Å². The summed E-state index contributed by atoms with van der Waals surface area (Å²) in [7, 11) is 0. The molecule has 3 aromatic heterocycles. The van der Waals surface area contributed by atoms with Crippen LogP contribution in [-0.2, 0) is 29.4 Å². The Balaban J connectivity index is 1.13. The number of ether oxygens (including phenoxy) is 3. The van der Waals surface area contributed by atoms with Crippen LogP contribution < -0.4 is 15.2 Å². The third-order valence-corrected chi connectivity index (χ3v) is 6.20. The second kappa shape index (κ2) is 11.8. The summed E-state index contributed by atoms with van der Waals surface area (Å²) in [6.07, 6.45) is 0.106. The molecule has 0 bridgehead atoms. The van der Waals surface area contributed by atoms with Gasteiger partial charge in [-0.2, -0.15) is 5.21 Å². The highest BCUT2D eigenvalue weighted by molar-refractivity contribution is 5.78. The first kappa shape index (κ1) is 25.9. The fourth-order valence-corrected chi connectivity index (χ4v) is 4.19. The number of carbonyl (C=O) groups is 1. The molecule has 0 aliphatic rings. The van der Waals surface area contributed by atoms with Crippen LogP contribution in [0.1, 0.15) is 23.2 Å². The molecule has 1 amide bonds. The zero-order chi connectivity index (χ0) is 28.0. The first-order valence-electron chi connectivity index (χ1n) is 12.8. The molecule has 0 fully saturated rings. The Morgan fingerprint density at radius 3 is 2.71 bits per heavy atom. The zero-order valence-corrected chi connectivity index (χ0v) is 21.8. The average Bonchev–Trinajstić information content (AvgIpc) is 3.67. The van der Waals surface area contributed by atoms with Gasteiger partial charge in [-0.3, -0.25) is 4.79 Å². The summed E-state index contributed by atoms with van der Waals surface area (Å²) in [5.74, 6) is 1.34. The van der Waals surface area contributed by atoms with Gasteiger partial charge in [0, 0.05) is 10.9 Å². The summed E-state index contributed by atoms with van der Waals surface area (Å²) < 4.78 is 23.7. The predicted octanol–water partition coefficient (Wildman–Crippen LogP) is 4.11. The van der Waals surface area contributed by atoms with Crippen molar-refractivity contribution in [3.8, 4) is 23.2 Å². The molecule has 0 saturated heterocycles. The molecule has 3 heterocycles. The van der Waals surface area contributed by atoms with Crippen molar-refractivity contribution in [2.75, 3.05) is 6.61 Å². The Kier molecular flexibility index (Phi) is 7.45. The lowest BCUT2D eigenvalue weighted by atomic mass is 10.2. The Hall–Kier alpha value is -5.36. The molecule has 41 heavy (non-hydrogen) atoms. The lowest BCUT2D eigenvalue weighted by Gasteiger charge is -2.14. The number of nitrogens with two attached hydrogens (primary N) is 1. The topological polar surface area (TPSA) is 164 Å². The monoisotopic (exact) mass is 551 g/mol. The number of tetrazole rings is 1. The molecule has 206 valence electrons. The molecule has 0 radical (unpaired) electrons. The van der Waals surface area contributed by atoms with Crippen LogP contribution in [0.5, 0.6) is 11.5 Å². The van der Waals surface area contributed by atoms with Gasteiger partial charge in [-0.05, 0) is 53.2 Å². The fourth-order valence-electron chi connectivity index (χ4n) is 4.19. The molecule has 6 rings (SSSR count). The van der Waals surface area contributed by atoms with Crippen molar-refractivity contribution in [3.05, 3.63) is 89.6 Å². The normalized spacial score (nSPS) is 11.2. The van der Waals surface area contributed by atoms with Crippen molar-refractivity contribution in [3.63, 3.8) is 0 Å². The van der Waals surface area contributed by atoms with Crippen LogP contribution >= 0.6 is 0 Å². The Morgan fingerprint density at radius 2 is 1.83 bits per heavy atom. The summed E-state index contributed by atoms with van der Waals surface area (Å²) in [6.45, 7) is 1.01. The number of para-hydroxylation sites is 1. The number of amides is 1. The molecule has 3 aromatic carbocycles. The quantitative estimate of drug-likeness (QED) is 0.226. The van der Waals surface area contributed by atoms with Crippen molar-refractivity contribution in [2.45, 2.75) is 26.2 Å². The number of H-pyrrole nitrogens is 1. The molecule has 3 N–H and O–H groups in total. The Labute approximate surface area is 233 Å². The van der Waals surface area contributed by atoms with Crippen molar-refractivity contribution in [1.82, 2.24) is 30.6 Å². The first-order chi connectivity index (χ1) is 20.1. The Bertz CT molecular complexity index is 1800. The number of aromatic amines is 1. The second-order valence-corrected chi connectivity index (χ2v) is 9.17. The number of nitrogens with one attached hydrogen (secondary N) is 1. The molecule has 12 heteroatoms. The highest BCUT2D eigenvalue weighted by Gasteiger charge is 2.13. The minimum Gasteiger partial charge on any atom is -0.493 e.